The van der Waals surface area contributed by atoms with Crippen LogP contribution < -0.4 is 5.32 Å². The van der Waals surface area contributed by atoms with Crippen LogP contribution in [0.1, 0.15) is 18.5 Å². The van der Waals surface area contributed by atoms with Gasteiger partial charge in [-0.2, -0.15) is 0 Å². The zero-order chi connectivity index (χ0) is 16.2. The second-order valence-corrected chi connectivity index (χ2v) is 8.46. The van der Waals surface area contributed by atoms with Gasteiger partial charge in [0.1, 0.15) is 0 Å². The molecule has 0 aromatic heterocycles. The van der Waals surface area contributed by atoms with Crippen LogP contribution in [0.4, 0.5) is 0 Å². The molecule has 6 heteroatoms. The maximum atomic E-state index is 12.2. The Hall–Kier alpha value is -0.880. The molecule has 2 aromatic rings. The lowest BCUT2D eigenvalue weighted by molar-refractivity contribution is 0.572. The Kier molecular flexibility index (Phi) is 6.03. The van der Waals surface area contributed by atoms with Crippen molar-refractivity contribution >= 4 is 37.4 Å². The average Bonchev–Trinajstić information content (AvgIpc) is 2.47. The van der Waals surface area contributed by atoms with E-state index in [0.717, 1.165) is 10.0 Å². The number of nitrogens with one attached hydrogen (secondary N) is 1. The van der Waals surface area contributed by atoms with Gasteiger partial charge in [-0.1, -0.05) is 39.7 Å². The predicted octanol–water partition coefficient (Wildman–Crippen LogP) is 4.23. The summed E-state index contributed by atoms with van der Waals surface area (Å²) in [6.07, 6.45) is 0. The van der Waals surface area contributed by atoms with Crippen LogP contribution in [0.5, 0.6) is 0 Å². The van der Waals surface area contributed by atoms with E-state index in [2.05, 4.69) is 21.2 Å². The molecule has 0 radical (unpaired) electrons. The second-order valence-electron chi connectivity index (χ2n) is 5.00. The van der Waals surface area contributed by atoms with Gasteiger partial charge in [0.05, 0.1) is 10.6 Å². The molecule has 2 rings (SSSR count). The molecule has 2 aromatic carbocycles. The Morgan fingerprint density at radius 1 is 1.18 bits per heavy atom. The van der Waals surface area contributed by atoms with Crippen molar-refractivity contribution in [2.24, 2.45) is 0 Å². The first-order valence-electron chi connectivity index (χ1n) is 6.86. The second kappa shape index (κ2) is 7.59. The Balaban J connectivity index is 1.94. The quantitative estimate of drug-likeness (QED) is 0.786. The summed E-state index contributed by atoms with van der Waals surface area (Å²) in [5.74, 6) is 0.0551. The monoisotopic (exact) mass is 401 g/mol. The molecule has 0 heterocycles. The molecule has 0 saturated carbocycles. The largest absolute Gasteiger partial charge is 0.309 e. The third kappa shape index (κ3) is 4.81. The molecule has 0 bridgehead atoms. The lowest BCUT2D eigenvalue weighted by Gasteiger charge is -2.14. The molecule has 22 heavy (non-hydrogen) atoms. The Morgan fingerprint density at radius 3 is 2.50 bits per heavy atom. The first kappa shape index (κ1) is 17.5. The first-order chi connectivity index (χ1) is 10.4. The number of halogens is 2. The minimum atomic E-state index is -3.27. The van der Waals surface area contributed by atoms with Crippen molar-refractivity contribution in [1.82, 2.24) is 5.32 Å². The van der Waals surface area contributed by atoms with E-state index in [0.29, 0.717) is 16.5 Å². The van der Waals surface area contributed by atoms with Gasteiger partial charge in [-0.25, -0.2) is 8.42 Å². The zero-order valence-corrected chi connectivity index (χ0v) is 15.2. The van der Waals surface area contributed by atoms with Crippen molar-refractivity contribution in [2.45, 2.75) is 17.9 Å². The molecule has 0 amide bonds. The summed E-state index contributed by atoms with van der Waals surface area (Å²) in [6, 6.07) is 14.3. The number of rotatable bonds is 6. The Morgan fingerprint density at radius 2 is 1.86 bits per heavy atom. The molecule has 1 N–H and O–H groups in total. The van der Waals surface area contributed by atoms with Crippen molar-refractivity contribution in [2.75, 3.05) is 12.3 Å². The van der Waals surface area contributed by atoms with Gasteiger partial charge in [0, 0.05) is 22.1 Å². The van der Waals surface area contributed by atoms with E-state index >= 15 is 0 Å². The van der Waals surface area contributed by atoms with E-state index in [1.807, 2.05) is 31.2 Å². The summed E-state index contributed by atoms with van der Waals surface area (Å²) in [6.45, 7) is 2.37. The summed E-state index contributed by atoms with van der Waals surface area (Å²) in [5, 5.41) is 3.89. The van der Waals surface area contributed by atoms with Crippen LogP contribution in [0.15, 0.2) is 57.9 Å². The molecule has 0 spiro atoms. The normalized spacial score (nSPS) is 13.0. The molecule has 118 valence electrons. The van der Waals surface area contributed by atoms with Crippen LogP contribution >= 0.6 is 27.5 Å². The number of sulfone groups is 1. The van der Waals surface area contributed by atoms with Crippen LogP contribution in [0.3, 0.4) is 0 Å². The van der Waals surface area contributed by atoms with Crippen molar-refractivity contribution in [3.05, 3.63) is 63.6 Å². The van der Waals surface area contributed by atoms with Gasteiger partial charge in [-0.15, -0.1) is 0 Å². The van der Waals surface area contributed by atoms with E-state index < -0.39 is 9.84 Å². The highest BCUT2D eigenvalue weighted by Crippen LogP contribution is 2.18. The van der Waals surface area contributed by atoms with Crippen molar-refractivity contribution in [3.8, 4) is 0 Å². The zero-order valence-electron chi connectivity index (χ0n) is 12.1. The Labute approximate surface area is 144 Å². The highest BCUT2D eigenvalue weighted by atomic mass is 79.9. The molecule has 0 aliphatic heterocycles. The van der Waals surface area contributed by atoms with Crippen molar-refractivity contribution in [1.29, 1.82) is 0 Å². The van der Waals surface area contributed by atoms with Gasteiger partial charge in [0.25, 0.3) is 0 Å². The standard InChI is InChI=1S/C16H17BrClNO2S/c1-12(13-3-2-4-15(18)11-13)19-9-10-22(20,21)16-7-5-14(17)6-8-16/h2-8,11-12,19H,9-10H2,1H3/t12-/m1/s1. The molecule has 0 fully saturated rings. The highest BCUT2D eigenvalue weighted by molar-refractivity contribution is 9.10. The summed E-state index contributed by atoms with van der Waals surface area (Å²) >= 11 is 9.26. The lowest BCUT2D eigenvalue weighted by Crippen LogP contribution is -2.25. The number of benzene rings is 2. The van der Waals surface area contributed by atoms with Crippen LogP contribution in [-0.2, 0) is 9.84 Å². The third-order valence-corrected chi connectivity index (χ3v) is 5.84. The van der Waals surface area contributed by atoms with Crippen LogP contribution in [0.2, 0.25) is 5.02 Å². The fourth-order valence-corrected chi connectivity index (χ4v) is 3.70. The fourth-order valence-electron chi connectivity index (χ4n) is 2.06. The summed E-state index contributed by atoms with van der Waals surface area (Å²) in [7, 11) is -3.27. The van der Waals surface area contributed by atoms with Crippen molar-refractivity contribution in [3.63, 3.8) is 0 Å². The van der Waals surface area contributed by atoms with E-state index in [4.69, 9.17) is 11.6 Å². The summed E-state index contributed by atoms with van der Waals surface area (Å²) in [4.78, 5) is 0.341. The van der Waals surface area contributed by atoms with Gasteiger partial charge in [0.15, 0.2) is 9.84 Å². The third-order valence-electron chi connectivity index (χ3n) is 3.34. The summed E-state index contributed by atoms with van der Waals surface area (Å²) < 4.78 is 25.3. The lowest BCUT2D eigenvalue weighted by atomic mass is 10.1. The number of hydrogen-bond acceptors (Lipinski definition) is 3. The highest BCUT2D eigenvalue weighted by Gasteiger charge is 2.14. The number of hydrogen-bond donors (Lipinski definition) is 1. The van der Waals surface area contributed by atoms with E-state index in [-0.39, 0.29) is 11.8 Å². The predicted molar refractivity (Wildman–Crippen MR) is 94.1 cm³/mol. The van der Waals surface area contributed by atoms with E-state index in [1.165, 1.54) is 0 Å². The molecule has 1 atom stereocenters. The molecule has 0 unspecified atom stereocenters. The maximum absolute atomic E-state index is 12.2. The van der Waals surface area contributed by atoms with E-state index in [9.17, 15) is 8.42 Å². The average molecular weight is 403 g/mol. The molecular weight excluding hydrogens is 386 g/mol. The van der Waals surface area contributed by atoms with Crippen LogP contribution in [0.25, 0.3) is 0 Å². The minimum absolute atomic E-state index is 0.0406. The smallest absolute Gasteiger partial charge is 0.179 e. The van der Waals surface area contributed by atoms with Gasteiger partial charge in [-0.05, 0) is 48.9 Å². The molecule has 0 aliphatic carbocycles. The maximum Gasteiger partial charge on any atom is 0.179 e. The molecule has 0 saturated heterocycles. The van der Waals surface area contributed by atoms with Crippen molar-refractivity contribution < 1.29 is 8.42 Å². The Bertz CT molecular complexity index is 732. The minimum Gasteiger partial charge on any atom is -0.309 e. The summed E-state index contributed by atoms with van der Waals surface area (Å²) in [5.41, 5.74) is 1.04. The van der Waals surface area contributed by atoms with Gasteiger partial charge in [0.2, 0.25) is 0 Å². The molecular formula is C16H17BrClNO2S. The van der Waals surface area contributed by atoms with Gasteiger partial charge >= 0.3 is 0 Å². The van der Waals surface area contributed by atoms with Gasteiger partial charge in [-0.3, -0.25) is 0 Å². The van der Waals surface area contributed by atoms with Crippen LogP contribution in [-0.4, -0.2) is 20.7 Å². The topological polar surface area (TPSA) is 46.2 Å². The SMILES string of the molecule is C[C@@H](NCCS(=O)(=O)c1ccc(Br)cc1)c1cccc(Cl)c1. The molecule has 3 nitrogen and oxygen atoms in total. The van der Waals surface area contributed by atoms with E-state index in [1.54, 1.807) is 24.3 Å². The molecule has 0 aliphatic rings. The van der Waals surface area contributed by atoms with Crippen LogP contribution in [0, 0.1) is 0 Å². The first-order valence-corrected chi connectivity index (χ1v) is 9.68. The fraction of sp³-hybridized carbons (Fsp3) is 0.250. The van der Waals surface area contributed by atoms with Gasteiger partial charge < -0.3 is 5.32 Å².